The topological polar surface area (TPSA) is 85.7 Å². The highest BCUT2D eigenvalue weighted by atomic mass is 32.1. The lowest BCUT2D eigenvalue weighted by Crippen LogP contribution is -1.99. The maximum atomic E-state index is 5.66. The molecule has 0 amide bonds. The third-order valence-electron chi connectivity index (χ3n) is 3.76. The predicted octanol–water partition coefficient (Wildman–Crippen LogP) is 4.24. The standard InChI is InChI=1S/C17H11N5O2S/c1-3-11(18-6-1)14-15(12-5-9-24-21-12)22(13-4-2-8-23-13)16(20-14)17-19-7-10-25-17/h1-10,18H. The van der Waals surface area contributed by atoms with Crippen molar-refractivity contribution in [2.75, 3.05) is 0 Å². The van der Waals surface area contributed by atoms with E-state index in [2.05, 4.69) is 15.1 Å². The fourth-order valence-corrected chi connectivity index (χ4v) is 3.36. The lowest BCUT2D eigenvalue weighted by atomic mass is 10.2. The van der Waals surface area contributed by atoms with Gasteiger partial charge in [-0.05, 0) is 18.2 Å². The molecule has 0 radical (unpaired) electrons. The Balaban J connectivity index is 1.88. The van der Waals surface area contributed by atoms with Crippen molar-refractivity contribution in [3.05, 3.63) is 60.6 Å². The van der Waals surface area contributed by atoms with Crippen LogP contribution in [-0.4, -0.2) is 24.7 Å². The molecule has 0 saturated carbocycles. The van der Waals surface area contributed by atoms with Crippen LogP contribution in [0.25, 0.3) is 39.5 Å². The second-order valence-electron chi connectivity index (χ2n) is 5.23. The minimum Gasteiger partial charge on any atom is -0.448 e. The molecular formula is C17H11N5O2S. The van der Waals surface area contributed by atoms with Gasteiger partial charge in [-0.2, -0.15) is 0 Å². The molecule has 0 bridgehead atoms. The molecule has 0 aromatic carbocycles. The van der Waals surface area contributed by atoms with Crippen LogP contribution in [0.3, 0.4) is 0 Å². The Morgan fingerprint density at radius 1 is 1.12 bits per heavy atom. The molecule has 1 N–H and O–H groups in total. The van der Waals surface area contributed by atoms with Crippen molar-refractivity contribution < 1.29 is 8.94 Å². The van der Waals surface area contributed by atoms with Gasteiger partial charge in [-0.1, -0.05) is 5.16 Å². The summed E-state index contributed by atoms with van der Waals surface area (Å²) in [6.07, 6.45) is 6.78. The summed E-state index contributed by atoms with van der Waals surface area (Å²) in [7, 11) is 0. The van der Waals surface area contributed by atoms with Crippen LogP contribution in [-0.2, 0) is 0 Å². The molecule has 0 fully saturated rings. The van der Waals surface area contributed by atoms with Crippen molar-refractivity contribution >= 4 is 11.3 Å². The average molecular weight is 349 g/mol. The van der Waals surface area contributed by atoms with Gasteiger partial charge in [0.2, 0.25) is 5.88 Å². The van der Waals surface area contributed by atoms with Gasteiger partial charge in [-0.3, -0.25) is 4.57 Å². The third-order valence-corrected chi connectivity index (χ3v) is 4.53. The van der Waals surface area contributed by atoms with Crippen molar-refractivity contribution in [3.63, 3.8) is 0 Å². The Labute approximate surface area is 145 Å². The predicted molar refractivity (Wildman–Crippen MR) is 92.2 cm³/mol. The number of nitrogens with zero attached hydrogens (tertiary/aromatic N) is 4. The Bertz CT molecular complexity index is 988. The Hall–Kier alpha value is -3.39. The van der Waals surface area contributed by atoms with E-state index in [4.69, 9.17) is 13.9 Å². The highest BCUT2D eigenvalue weighted by Crippen LogP contribution is 2.37. The zero-order valence-electron chi connectivity index (χ0n) is 12.8. The third kappa shape index (κ3) is 2.23. The van der Waals surface area contributed by atoms with E-state index in [1.807, 2.05) is 40.4 Å². The molecule has 5 aromatic rings. The monoisotopic (exact) mass is 349 g/mol. The number of aromatic amines is 1. The fraction of sp³-hybridized carbons (Fsp3) is 0. The van der Waals surface area contributed by atoms with E-state index in [1.165, 1.54) is 17.6 Å². The molecule has 0 aliphatic carbocycles. The summed E-state index contributed by atoms with van der Waals surface area (Å²) in [5, 5.41) is 6.82. The van der Waals surface area contributed by atoms with Crippen molar-refractivity contribution in [1.29, 1.82) is 0 Å². The van der Waals surface area contributed by atoms with Crippen molar-refractivity contribution in [2.24, 2.45) is 0 Å². The molecule has 25 heavy (non-hydrogen) atoms. The largest absolute Gasteiger partial charge is 0.448 e. The summed E-state index contributed by atoms with van der Waals surface area (Å²) in [4.78, 5) is 12.5. The first-order valence-electron chi connectivity index (χ1n) is 7.53. The van der Waals surface area contributed by atoms with Gasteiger partial charge in [-0.15, -0.1) is 11.3 Å². The molecule has 5 rings (SSSR count). The number of hydrogen-bond acceptors (Lipinski definition) is 6. The molecule has 0 spiro atoms. The minimum absolute atomic E-state index is 0.633. The van der Waals surface area contributed by atoms with E-state index >= 15 is 0 Å². The molecule has 122 valence electrons. The van der Waals surface area contributed by atoms with E-state index in [9.17, 15) is 0 Å². The molecule has 0 atom stereocenters. The van der Waals surface area contributed by atoms with Gasteiger partial charge in [0.05, 0.1) is 12.0 Å². The van der Waals surface area contributed by atoms with Gasteiger partial charge >= 0.3 is 0 Å². The van der Waals surface area contributed by atoms with Gasteiger partial charge in [0, 0.05) is 29.9 Å². The molecule has 8 heteroatoms. The van der Waals surface area contributed by atoms with Crippen LogP contribution in [0, 0.1) is 0 Å². The first kappa shape index (κ1) is 14.0. The van der Waals surface area contributed by atoms with E-state index < -0.39 is 0 Å². The fourth-order valence-electron chi connectivity index (χ4n) is 2.75. The van der Waals surface area contributed by atoms with Crippen LogP contribution < -0.4 is 0 Å². The zero-order chi connectivity index (χ0) is 16.6. The van der Waals surface area contributed by atoms with Gasteiger partial charge in [0.1, 0.15) is 23.3 Å². The number of imidazole rings is 1. The quantitative estimate of drug-likeness (QED) is 0.524. The molecule has 0 aliphatic heterocycles. The lowest BCUT2D eigenvalue weighted by molar-refractivity contribution is 0.422. The van der Waals surface area contributed by atoms with Crippen LogP contribution in [0.1, 0.15) is 0 Å². The SMILES string of the molecule is c1c[nH]c(-c2nc(-c3nccs3)n(-c3ccco3)c2-c2ccon2)c1. The smallest absolute Gasteiger partial charge is 0.205 e. The van der Waals surface area contributed by atoms with Crippen LogP contribution in [0.2, 0.25) is 0 Å². The molecule has 5 aromatic heterocycles. The van der Waals surface area contributed by atoms with Gasteiger partial charge < -0.3 is 13.9 Å². The lowest BCUT2D eigenvalue weighted by Gasteiger charge is -2.06. The minimum atomic E-state index is 0.633. The van der Waals surface area contributed by atoms with Crippen LogP contribution in [0.5, 0.6) is 0 Å². The van der Waals surface area contributed by atoms with E-state index in [0.717, 1.165) is 22.1 Å². The van der Waals surface area contributed by atoms with Crippen molar-refractivity contribution in [2.45, 2.75) is 0 Å². The summed E-state index contributed by atoms with van der Waals surface area (Å²) < 4.78 is 12.6. The second kappa shape index (κ2) is 5.60. The van der Waals surface area contributed by atoms with Gasteiger partial charge in [0.25, 0.3) is 0 Å². The average Bonchev–Trinajstić information content (AvgIpc) is 3.48. The Morgan fingerprint density at radius 3 is 2.80 bits per heavy atom. The molecular weight excluding hydrogens is 338 g/mol. The normalized spacial score (nSPS) is 11.2. The second-order valence-corrected chi connectivity index (χ2v) is 6.12. The zero-order valence-corrected chi connectivity index (χ0v) is 13.6. The highest BCUT2D eigenvalue weighted by Gasteiger charge is 2.26. The van der Waals surface area contributed by atoms with Crippen LogP contribution >= 0.6 is 11.3 Å². The number of thiazole rings is 1. The molecule has 0 unspecified atom stereocenters. The van der Waals surface area contributed by atoms with E-state index in [0.29, 0.717) is 17.4 Å². The summed E-state index contributed by atoms with van der Waals surface area (Å²) in [6, 6.07) is 9.40. The molecule has 5 heterocycles. The number of nitrogens with one attached hydrogen (secondary N) is 1. The van der Waals surface area contributed by atoms with Crippen LogP contribution in [0.15, 0.2) is 69.6 Å². The summed E-state index contributed by atoms with van der Waals surface area (Å²) in [5.74, 6) is 1.32. The number of aromatic nitrogens is 5. The van der Waals surface area contributed by atoms with Gasteiger partial charge in [0.15, 0.2) is 10.8 Å². The summed E-state index contributed by atoms with van der Waals surface area (Å²) >= 11 is 1.51. The molecule has 0 aliphatic rings. The molecule has 7 nitrogen and oxygen atoms in total. The first-order chi connectivity index (χ1) is 12.4. The van der Waals surface area contributed by atoms with Crippen LogP contribution in [0.4, 0.5) is 0 Å². The number of H-pyrrole nitrogens is 1. The highest BCUT2D eigenvalue weighted by molar-refractivity contribution is 7.13. The Morgan fingerprint density at radius 2 is 2.12 bits per heavy atom. The first-order valence-corrected chi connectivity index (χ1v) is 8.41. The van der Waals surface area contributed by atoms with Crippen molar-refractivity contribution in [1.82, 2.24) is 24.7 Å². The van der Waals surface area contributed by atoms with Gasteiger partial charge in [-0.25, -0.2) is 9.97 Å². The summed E-state index contributed by atoms with van der Waals surface area (Å²) in [5.41, 5.74) is 3.06. The maximum absolute atomic E-state index is 5.66. The van der Waals surface area contributed by atoms with E-state index in [-0.39, 0.29) is 0 Å². The summed E-state index contributed by atoms with van der Waals surface area (Å²) in [6.45, 7) is 0. The number of rotatable bonds is 4. The Kier molecular flexibility index (Phi) is 3.14. The number of hydrogen-bond donors (Lipinski definition) is 1. The van der Waals surface area contributed by atoms with E-state index in [1.54, 1.807) is 18.5 Å². The molecule has 0 saturated heterocycles. The number of furan rings is 1. The van der Waals surface area contributed by atoms with Crippen molar-refractivity contribution in [3.8, 4) is 39.5 Å². The maximum Gasteiger partial charge on any atom is 0.205 e.